The normalized spacial score (nSPS) is 10.4. The fourth-order valence-corrected chi connectivity index (χ4v) is 1.80. The van der Waals surface area contributed by atoms with E-state index in [1.54, 1.807) is 6.07 Å². The first kappa shape index (κ1) is 15.3. The Morgan fingerprint density at radius 3 is 2.71 bits per heavy atom. The van der Waals surface area contributed by atoms with E-state index in [9.17, 15) is 0 Å². The number of anilines is 1. The van der Waals surface area contributed by atoms with E-state index in [1.165, 1.54) is 0 Å². The molecule has 0 fully saturated rings. The third-order valence-electron chi connectivity index (χ3n) is 2.84. The molecule has 0 saturated carbocycles. The molecular weight excluding hydrogens is 266 g/mol. The van der Waals surface area contributed by atoms with Crippen LogP contribution >= 0.6 is 0 Å². The zero-order valence-electron chi connectivity index (χ0n) is 12.2. The quantitative estimate of drug-likeness (QED) is 0.731. The first-order valence-electron chi connectivity index (χ1n) is 7.25. The monoisotopic (exact) mass is 287 g/mol. The highest BCUT2D eigenvalue weighted by Crippen LogP contribution is 2.21. The summed E-state index contributed by atoms with van der Waals surface area (Å²) in [5.74, 6) is 1.91. The third-order valence-corrected chi connectivity index (χ3v) is 2.84. The van der Waals surface area contributed by atoms with Gasteiger partial charge in [0.15, 0.2) is 5.82 Å². The van der Waals surface area contributed by atoms with Crippen LogP contribution in [-0.2, 0) is 0 Å². The molecule has 0 unspecified atom stereocenters. The van der Waals surface area contributed by atoms with Crippen molar-refractivity contribution < 1.29 is 9.84 Å². The number of rotatable bonds is 8. The lowest BCUT2D eigenvalue weighted by Gasteiger charge is -2.10. The molecule has 0 bridgehead atoms. The van der Waals surface area contributed by atoms with Crippen LogP contribution in [0.15, 0.2) is 36.4 Å². The van der Waals surface area contributed by atoms with Crippen molar-refractivity contribution >= 4 is 5.82 Å². The second-order valence-electron chi connectivity index (χ2n) is 4.63. The highest BCUT2D eigenvalue weighted by atomic mass is 16.5. The van der Waals surface area contributed by atoms with Gasteiger partial charge in [-0.15, -0.1) is 0 Å². The van der Waals surface area contributed by atoms with Gasteiger partial charge < -0.3 is 15.2 Å². The summed E-state index contributed by atoms with van der Waals surface area (Å²) in [6.45, 7) is 3.50. The molecule has 0 aliphatic carbocycles. The van der Waals surface area contributed by atoms with Gasteiger partial charge in [-0.1, -0.05) is 37.3 Å². The molecule has 2 aromatic rings. The molecule has 112 valence electrons. The zero-order chi connectivity index (χ0) is 14.9. The maximum atomic E-state index is 8.82. The molecule has 2 N–H and O–H groups in total. The Hall–Kier alpha value is -2.14. The molecule has 21 heavy (non-hydrogen) atoms. The van der Waals surface area contributed by atoms with Crippen LogP contribution < -0.4 is 10.1 Å². The molecule has 0 amide bonds. The van der Waals surface area contributed by atoms with Gasteiger partial charge in [0.1, 0.15) is 5.82 Å². The zero-order valence-corrected chi connectivity index (χ0v) is 12.2. The smallest absolute Gasteiger partial charge is 0.219 e. The highest BCUT2D eigenvalue weighted by molar-refractivity contribution is 5.58. The summed E-state index contributed by atoms with van der Waals surface area (Å²) < 4.78 is 5.58. The number of nitrogens with one attached hydrogen (secondary N) is 1. The van der Waals surface area contributed by atoms with Crippen molar-refractivity contribution in [3.8, 4) is 17.3 Å². The SMILES string of the molecule is CCCNc1cc(OCCCO)nc(-c2ccccc2)n1. The minimum absolute atomic E-state index is 0.109. The number of hydrogen-bond donors (Lipinski definition) is 2. The standard InChI is InChI=1S/C16H21N3O2/c1-2-9-17-14-12-15(21-11-6-10-20)19-16(18-14)13-7-4-3-5-8-13/h3-5,7-8,12,20H,2,6,9-11H2,1H3,(H,17,18,19). The Morgan fingerprint density at radius 1 is 1.19 bits per heavy atom. The molecule has 0 saturated heterocycles. The van der Waals surface area contributed by atoms with E-state index < -0.39 is 0 Å². The van der Waals surface area contributed by atoms with E-state index in [0.717, 1.165) is 24.3 Å². The third kappa shape index (κ3) is 4.72. The van der Waals surface area contributed by atoms with Gasteiger partial charge >= 0.3 is 0 Å². The predicted molar refractivity (Wildman–Crippen MR) is 83.4 cm³/mol. The first-order valence-corrected chi connectivity index (χ1v) is 7.25. The van der Waals surface area contributed by atoms with Crippen molar-refractivity contribution in [3.05, 3.63) is 36.4 Å². The van der Waals surface area contributed by atoms with E-state index in [4.69, 9.17) is 9.84 Å². The molecule has 0 spiro atoms. The van der Waals surface area contributed by atoms with Gasteiger partial charge in [-0.25, -0.2) is 4.98 Å². The molecule has 0 aliphatic rings. The van der Waals surface area contributed by atoms with Crippen molar-refractivity contribution in [2.24, 2.45) is 0 Å². The maximum absolute atomic E-state index is 8.82. The largest absolute Gasteiger partial charge is 0.477 e. The fourth-order valence-electron chi connectivity index (χ4n) is 1.80. The van der Waals surface area contributed by atoms with Crippen molar-refractivity contribution in [2.75, 3.05) is 25.1 Å². The van der Waals surface area contributed by atoms with Crippen molar-refractivity contribution in [3.63, 3.8) is 0 Å². The topological polar surface area (TPSA) is 67.3 Å². The predicted octanol–water partition coefficient (Wildman–Crippen LogP) is 2.73. The van der Waals surface area contributed by atoms with Gasteiger partial charge in [-0.05, 0) is 6.42 Å². The summed E-state index contributed by atoms with van der Waals surface area (Å²) in [6, 6.07) is 11.6. The first-order chi connectivity index (χ1) is 10.3. The van der Waals surface area contributed by atoms with E-state index >= 15 is 0 Å². The van der Waals surface area contributed by atoms with Gasteiger partial charge in [0, 0.05) is 31.2 Å². The van der Waals surface area contributed by atoms with Crippen LogP contribution in [0.2, 0.25) is 0 Å². The van der Waals surface area contributed by atoms with Crippen LogP contribution in [-0.4, -0.2) is 34.8 Å². The number of aliphatic hydroxyl groups excluding tert-OH is 1. The summed E-state index contributed by atoms with van der Waals surface area (Å²) >= 11 is 0. The number of hydrogen-bond acceptors (Lipinski definition) is 5. The Morgan fingerprint density at radius 2 is 2.00 bits per heavy atom. The van der Waals surface area contributed by atoms with Gasteiger partial charge in [0.2, 0.25) is 5.88 Å². The van der Waals surface area contributed by atoms with Crippen LogP contribution in [0.4, 0.5) is 5.82 Å². The molecule has 1 aromatic carbocycles. The minimum Gasteiger partial charge on any atom is -0.477 e. The molecule has 1 aromatic heterocycles. The van der Waals surface area contributed by atoms with Crippen LogP contribution in [0.25, 0.3) is 11.4 Å². The minimum atomic E-state index is 0.109. The summed E-state index contributed by atoms with van der Waals surface area (Å²) in [6.07, 6.45) is 1.60. The average Bonchev–Trinajstić information content (AvgIpc) is 2.54. The van der Waals surface area contributed by atoms with Gasteiger partial charge in [0.25, 0.3) is 0 Å². The molecule has 1 heterocycles. The van der Waals surface area contributed by atoms with Crippen LogP contribution in [0.3, 0.4) is 0 Å². The fraction of sp³-hybridized carbons (Fsp3) is 0.375. The van der Waals surface area contributed by atoms with Crippen LogP contribution in [0.1, 0.15) is 19.8 Å². The van der Waals surface area contributed by atoms with E-state index in [2.05, 4.69) is 22.2 Å². The van der Waals surface area contributed by atoms with Gasteiger partial charge in [0.05, 0.1) is 6.61 Å². The van der Waals surface area contributed by atoms with E-state index in [1.807, 2.05) is 30.3 Å². The molecule has 0 radical (unpaired) electrons. The number of nitrogens with zero attached hydrogens (tertiary/aromatic N) is 2. The summed E-state index contributed by atoms with van der Waals surface area (Å²) in [5, 5.41) is 12.1. The summed E-state index contributed by atoms with van der Waals surface area (Å²) in [5.41, 5.74) is 0.949. The lowest BCUT2D eigenvalue weighted by atomic mass is 10.2. The van der Waals surface area contributed by atoms with Crippen LogP contribution in [0.5, 0.6) is 5.88 Å². The van der Waals surface area contributed by atoms with Gasteiger partial charge in [-0.3, -0.25) is 0 Å². The Balaban J connectivity index is 2.23. The Bertz CT molecular complexity index is 546. The molecular formula is C16H21N3O2. The second-order valence-corrected chi connectivity index (χ2v) is 4.63. The van der Waals surface area contributed by atoms with Crippen molar-refractivity contribution in [1.29, 1.82) is 0 Å². The lowest BCUT2D eigenvalue weighted by molar-refractivity contribution is 0.229. The molecule has 2 rings (SSSR count). The molecule has 0 aliphatic heterocycles. The number of ether oxygens (including phenoxy) is 1. The summed E-state index contributed by atoms with van der Waals surface area (Å²) in [7, 11) is 0. The Kier molecular flexibility index (Phi) is 5.97. The molecule has 5 heteroatoms. The van der Waals surface area contributed by atoms with Gasteiger partial charge in [-0.2, -0.15) is 4.98 Å². The average molecular weight is 287 g/mol. The molecule has 0 atom stereocenters. The molecule has 5 nitrogen and oxygen atoms in total. The van der Waals surface area contributed by atoms with E-state index in [-0.39, 0.29) is 6.61 Å². The van der Waals surface area contributed by atoms with Crippen molar-refractivity contribution in [1.82, 2.24) is 9.97 Å². The van der Waals surface area contributed by atoms with Crippen molar-refractivity contribution in [2.45, 2.75) is 19.8 Å². The Labute approximate surface area is 125 Å². The van der Waals surface area contributed by atoms with Crippen LogP contribution in [0, 0.1) is 0 Å². The highest BCUT2D eigenvalue weighted by Gasteiger charge is 2.07. The lowest BCUT2D eigenvalue weighted by Crippen LogP contribution is -2.07. The number of benzene rings is 1. The maximum Gasteiger partial charge on any atom is 0.219 e. The number of aliphatic hydroxyl groups is 1. The second kappa shape index (κ2) is 8.21. The van der Waals surface area contributed by atoms with E-state index in [0.29, 0.717) is 24.7 Å². The number of aromatic nitrogens is 2. The summed E-state index contributed by atoms with van der Waals surface area (Å²) in [4.78, 5) is 8.95.